The fourth-order valence-electron chi connectivity index (χ4n) is 2.25. The number of hydrogen-bond acceptors (Lipinski definition) is 2. The van der Waals surface area contributed by atoms with Crippen molar-refractivity contribution >= 4 is 21.7 Å². The molecule has 23 heavy (non-hydrogen) atoms. The maximum absolute atomic E-state index is 13.1. The van der Waals surface area contributed by atoms with Gasteiger partial charge in [-0.1, -0.05) is 46.6 Å². The molecule has 0 radical (unpaired) electrons. The molecule has 2 rings (SSSR count). The van der Waals surface area contributed by atoms with E-state index in [0.717, 1.165) is 30.2 Å². The number of halogens is 2. The monoisotopic (exact) mass is 378 g/mol. The highest BCUT2D eigenvalue weighted by Gasteiger charge is 2.07. The molecule has 2 aromatic rings. The van der Waals surface area contributed by atoms with Gasteiger partial charge in [-0.15, -0.1) is 0 Å². The van der Waals surface area contributed by atoms with Crippen molar-refractivity contribution in [1.82, 2.24) is 0 Å². The molecule has 122 valence electrons. The van der Waals surface area contributed by atoms with Gasteiger partial charge in [0.1, 0.15) is 18.2 Å². The van der Waals surface area contributed by atoms with E-state index in [1.165, 1.54) is 12.1 Å². The molecule has 0 N–H and O–H groups in total. The third-order valence-electron chi connectivity index (χ3n) is 3.49. The first-order chi connectivity index (χ1) is 11.2. The summed E-state index contributed by atoms with van der Waals surface area (Å²) in [6, 6.07) is 13.5. The summed E-state index contributed by atoms with van der Waals surface area (Å²) >= 11 is 3.39. The van der Waals surface area contributed by atoms with E-state index in [9.17, 15) is 9.18 Å². The van der Waals surface area contributed by atoms with E-state index < -0.39 is 0 Å². The van der Waals surface area contributed by atoms with E-state index in [1.54, 1.807) is 18.2 Å². The highest BCUT2D eigenvalue weighted by molar-refractivity contribution is 9.09. The number of alkyl halides is 1. The van der Waals surface area contributed by atoms with E-state index in [-0.39, 0.29) is 18.2 Å². The summed E-state index contributed by atoms with van der Waals surface area (Å²) in [6.07, 6.45) is 3.59. The van der Waals surface area contributed by atoms with Gasteiger partial charge in [0.2, 0.25) is 0 Å². The Morgan fingerprint density at radius 1 is 1.04 bits per heavy atom. The molecule has 2 nitrogen and oxygen atoms in total. The second kappa shape index (κ2) is 9.46. The minimum absolute atomic E-state index is 0.135. The summed E-state index contributed by atoms with van der Waals surface area (Å²) in [6.45, 7) is 0.278. The average Bonchev–Trinajstić information content (AvgIpc) is 2.57. The van der Waals surface area contributed by atoms with Crippen molar-refractivity contribution in [2.75, 3.05) is 5.33 Å². The van der Waals surface area contributed by atoms with E-state index in [2.05, 4.69) is 15.9 Å². The lowest BCUT2D eigenvalue weighted by Gasteiger charge is -2.08. The van der Waals surface area contributed by atoms with Gasteiger partial charge < -0.3 is 4.74 Å². The quantitative estimate of drug-likeness (QED) is 0.325. The van der Waals surface area contributed by atoms with Gasteiger partial charge in [-0.2, -0.15) is 0 Å². The standard InChI is InChI=1S/C19H20BrFO2/c20-11-3-1-2-10-19(22)16-7-5-9-18(13-16)23-14-15-6-4-8-17(21)12-15/h4-9,12-13H,1-3,10-11,14H2. The van der Waals surface area contributed by atoms with Crippen LogP contribution >= 0.6 is 15.9 Å². The topological polar surface area (TPSA) is 26.3 Å². The van der Waals surface area contributed by atoms with Crippen molar-refractivity contribution in [3.8, 4) is 5.75 Å². The number of ether oxygens (including phenoxy) is 1. The van der Waals surface area contributed by atoms with Crippen molar-refractivity contribution in [2.24, 2.45) is 0 Å². The average molecular weight is 379 g/mol. The van der Waals surface area contributed by atoms with Gasteiger partial charge in [0.25, 0.3) is 0 Å². The van der Waals surface area contributed by atoms with Crippen molar-refractivity contribution in [2.45, 2.75) is 32.3 Å². The minimum Gasteiger partial charge on any atom is -0.489 e. The minimum atomic E-state index is -0.279. The van der Waals surface area contributed by atoms with Gasteiger partial charge in [-0.3, -0.25) is 4.79 Å². The number of benzene rings is 2. The molecular formula is C19H20BrFO2. The molecule has 0 amide bonds. The molecule has 0 saturated carbocycles. The largest absolute Gasteiger partial charge is 0.489 e. The van der Waals surface area contributed by atoms with E-state index in [0.29, 0.717) is 17.7 Å². The SMILES string of the molecule is O=C(CCCCCBr)c1cccc(OCc2cccc(F)c2)c1. The number of carbonyl (C=O) groups is 1. The first-order valence-corrected chi connectivity index (χ1v) is 8.87. The molecule has 0 bridgehead atoms. The molecule has 0 aliphatic rings. The summed E-state index contributed by atoms with van der Waals surface area (Å²) < 4.78 is 18.8. The van der Waals surface area contributed by atoms with Gasteiger partial charge in [0.05, 0.1) is 0 Å². The molecule has 0 unspecified atom stereocenters. The van der Waals surface area contributed by atoms with Gasteiger partial charge in [-0.25, -0.2) is 4.39 Å². The van der Waals surface area contributed by atoms with Crippen LogP contribution in [0.4, 0.5) is 4.39 Å². The second-order valence-corrected chi connectivity index (χ2v) is 6.16. The number of unbranched alkanes of at least 4 members (excludes halogenated alkanes) is 2. The van der Waals surface area contributed by atoms with Gasteiger partial charge in [-0.05, 0) is 42.7 Å². The summed E-state index contributed by atoms with van der Waals surface area (Å²) in [5.74, 6) is 0.481. The van der Waals surface area contributed by atoms with Crippen molar-refractivity contribution in [3.05, 3.63) is 65.5 Å². The van der Waals surface area contributed by atoms with Crippen molar-refractivity contribution < 1.29 is 13.9 Å². The Balaban J connectivity index is 1.90. The van der Waals surface area contributed by atoms with Crippen LogP contribution in [0, 0.1) is 5.82 Å². The van der Waals surface area contributed by atoms with Crippen LogP contribution < -0.4 is 4.74 Å². The predicted molar refractivity (Wildman–Crippen MR) is 93.8 cm³/mol. The zero-order valence-corrected chi connectivity index (χ0v) is 14.5. The highest BCUT2D eigenvalue weighted by atomic mass is 79.9. The molecule has 0 fully saturated rings. The lowest BCUT2D eigenvalue weighted by atomic mass is 10.0. The number of Topliss-reactive ketones (excluding diaryl/α,β-unsaturated/α-hetero) is 1. The number of carbonyl (C=O) groups excluding carboxylic acids is 1. The smallest absolute Gasteiger partial charge is 0.163 e. The maximum Gasteiger partial charge on any atom is 0.163 e. The fraction of sp³-hybridized carbons (Fsp3) is 0.316. The van der Waals surface area contributed by atoms with Crippen LogP contribution in [-0.2, 0) is 6.61 Å². The third kappa shape index (κ3) is 6.14. The molecule has 0 aliphatic carbocycles. The summed E-state index contributed by atoms with van der Waals surface area (Å²) in [4.78, 5) is 12.2. The summed E-state index contributed by atoms with van der Waals surface area (Å²) in [7, 11) is 0. The van der Waals surface area contributed by atoms with Crippen molar-refractivity contribution in [1.29, 1.82) is 0 Å². The first-order valence-electron chi connectivity index (χ1n) is 7.75. The zero-order chi connectivity index (χ0) is 16.5. The molecule has 4 heteroatoms. The summed E-state index contributed by atoms with van der Waals surface area (Å²) in [5.41, 5.74) is 1.43. The number of hydrogen-bond donors (Lipinski definition) is 0. The van der Waals surface area contributed by atoms with Crippen LogP contribution in [0.3, 0.4) is 0 Å². The van der Waals surface area contributed by atoms with Crippen LogP contribution in [0.25, 0.3) is 0 Å². The summed E-state index contributed by atoms with van der Waals surface area (Å²) in [5, 5.41) is 0.977. The molecule has 0 saturated heterocycles. The van der Waals surface area contributed by atoms with Crippen LogP contribution in [0.2, 0.25) is 0 Å². The molecule has 0 atom stereocenters. The normalized spacial score (nSPS) is 10.5. The molecular weight excluding hydrogens is 359 g/mol. The Morgan fingerprint density at radius 2 is 1.87 bits per heavy atom. The van der Waals surface area contributed by atoms with Gasteiger partial charge in [0, 0.05) is 17.3 Å². The lowest BCUT2D eigenvalue weighted by molar-refractivity contribution is 0.0979. The van der Waals surface area contributed by atoms with Crippen LogP contribution in [0.15, 0.2) is 48.5 Å². The Morgan fingerprint density at radius 3 is 2.65 bits per heavy atom. The third-order valence-corrected chi connectivity index (χ3v) is 4.05. The van der Waals surface area contributed by atoms with Crippen molar-refractivity contribution in [3.63, 3.8) is 0 Å². The van der Waals surface area contributed by atoms with Crippen LogP contribution in [0.5, 0.6) is 5.75 Å². The fourth-order valence-corrected chi connectivity index (χ4v) is 2.65. The molecule has 0 aliphatic heterocycles. The van der Waals surface area contributed by atoms with Crippen LogP contribution in [0.1, 0.15) is 41.6 Å². The Labute approximate surface area is 144 Å². The Bertz CT molecular complexity index is 643. The Kier molecular flexibility index (Phi) is 7.27. The van der Waals surface area contributed by atoms with E-state index >= 15 is 0 Å². The maximum atomic E-state index is 13.1. The first kappa shape index (κ1) is 17.7. The van der Waals surface area contributed by atoms with Gasteiger partial charge >= 0.3 is 0 Å². The number of ketones is 1. The lowest BCUT2D eigenvalue weighted by Crippen LogP contribution is -2.01. The van der Waals surface area contributed by atoms with E-state index in [4.69, 9.17) is 4.74 Å². The molecule has 2 aromatic carbocycles. The molecule has 0 spiro atoms. The highest BCUT2D eigenvalue weighted by Crippen LogP contribution is 2.18. The zero-order valence-electron chi connectivity index (χ0n) is 12.9. The number of rotatable bonds is 9. The predicted octanol–water partition coefficient (Wildman–Crippen LogP) is 5.54. The van der Waals surface area contributed by atoms with Gasteiger partial charge in [0.15, 0.2) is 5.78 Å². The van der Waals surface area contributed by atoms with E-state index in [1.807, 2.05) is 18.2 Å². The second-order valence-electron chi connectivity index (χ2n) is 5.37. The molecule has 0 aromatic heterocycles. The Hall–Kier alpha value is -1.68. The molecule has 0 heterocycles. The van der Waals surface area contributed by atoms with Crippen LogP contribution in [-0.4, -0.2) is 11.1 Å².